The number of aryl methyl sites for hydroxylation is 4. The van der Waals surface area contributed by atoms with Crippen LogP contribution in [0.2, 0.25) is 0 Å². The summed E-state index contributed by atoms with van der Waals surface area (Å²) in [5.74, 6) is 3.22. The van der Waals surface area contributed by atoms with Crippen molar-refractivity contribution < 1.29 is 147 Å². The number of pyridine rings is 8. The Morgan fingerprint density at radius 3 is 0.537 bits per heavy atom. The molecule has 0 bridgehead atoms. The fourth-order valence-electron chi connectivity index (χ4n) is 7.92. The Hall–Kier alpha value is -5.00. The molecule has 8 aromatic rings. The Labute approximate surface area is 688 Å². The molecule has 0 saturated carbocycles. The van der Waals surface area contributed by atoms with Crippen molar-refractivity contribution in [2.45, 2.75) is 108 Å². The van der Waals surface area contributed by atoms with Gasteiger partial charge in [0.1, 0.15) is 11.6 Å². The number of Topliss-reactive ketones (excluding diaryl/α,β-unsaturated/α-hetero) is 2. The van der Waals surface area contributed by atoms with E-state index in [1.807, 2.05) is 174 Å². The second kappa shape index (κ2) is 66.6. The molecule has 612 valence electrons. The first-order valence-electron chi connectivity index (χ1n) is 31.5. The van der Waals surface area contributed by atoms with Crippen LogP contribution in [0, 0.1) is 27.7 Å². The van der Waals surface area contributed by atoms with Gasteiger partial charge in [0.2, 0.25) is 0 Å². The predicted octanol–water partition coefficient (Wildman–Crippen LogP) is 15.7. The van der Waals surface area contributed by atoms with Crippen molar-refractivity contribution in [3.63, 3.8) is 0 Å². The average Bonchev–Trinajstić information content (AvgIpc) is 0.908. The number of carbonyl (C=O) groups is 2. The van der Waals surface area contributed by atoms with Gasteiger partial charge in [-0.15, -0.1) is 0 Å². The Balaban J connectivity index is -0.000000284. The maximum atomic E-state index is 9.75. The summed E-state index contributed by atoms with van der Waals surface area (Å²) >= 11 is 20.4. The van der Waals surface area contributed by atoms with Crippen LogP contribution < -0.4 is 0 Å². The zero-order valence-electron chi connectivity index (χ0n) is 59.9. The molecular weight excluding hydrogens is 1720 g/mol. The van der Waals surface area contributed by atoms with E-state index in [-0.39, 0.29) is 79.8 Å². The van der Waals surface area contributed by atoms with E-state index in [1.54, 1.807) is 0 Å². The number of rotatable bonds is 24. The molecule has 0 fully saturated rings. The van der Waals surface area contributed by atoms with Gasteiger partial charge in [0.05, 0.1) is 45.6 Å². The molecule has 0 aliphatic rings. The smallest absolute Gasteiger partial charge is 0.791 e. The molecule has 0 aromatic carbocycles. The van der Waals surface area contributed by atoms with Crippen LogP contribution in [0.4, 0.5) is 69.1 Å². The molecule has 0 saturated heterocycles. The SMILES string of the molecule is CC(C)=O.CC(C)=O.Cc1cccc(CN(CC[S-])Cc2ccccn2)n1.Cc1cccc(CN(CC[S-])Cc2ccccn2)n1.Cc1cccc(CN(CC[S-])Cc2ccccn2)n1.Cc1cccc(CN(CC[S-])Cc2ccccn2)n1.F[B-](F)(F)F.F[B-](F)(F)F.F[B-](F)(F)F.F[B-](F)(F)F.[Cu+2].[Cu+2].[Cu+2].[Cu+2]. The zero-order valence-corrected chi connectivity index (χ0v) is 66.9. The summed E-state index contributed by atoms with van der Waals surface area (Å²) in [4.78, 5) is 63.7. The minimum atomic E-state index is -6.00. The quantitative estimate of drug-likeness (QED) is 0.0320. The summed E-state index contributed by atoms with van der Waals surface area (Å²) in [5, 5.41) is 0. The monoisotopic (exact) mass is 1800 g/mol. The Kier molecular flexibility index (Phi) is 70.2. The van der Waals surface area contributed by atoms with Crippen LogP contribution in [0.25, 0.3) is 0 Å². The van der Waals surface area contributed by atoms with Crippen molar-refractivity contribution in [1.29, 1.82) is 0 Å². The molecule has 8 rings (SSSR count). The fraction of sp³-hybridized carbons (Fsp3) is 0.364. The first-order chi connectivity index (χ1) is 48.6. The third kappa shape index (κ3) is 82.0. The number of halogens is 16. The Bertz CT molecular complexity index is 3040. The van der Waals surface area contributed by atoms with E-state index >= 15 is 0 Å². The van der Waals surface area contributed by atoms with Gasteiger partial charge in [-0.25, -0.2) is 0 Å². The van der Waals surface area contributed by atoms with Crippen molar-refractivity contribution in [3.05, 3.63) is 239 Å². The van der Waals surface area contributed by atoms with Gasteiger partial charge in [-0.3, -0.25) is 59.5 Å². The topological polar surface area (TPSA) is 150 Å². The summed E-state index contributed by atoms with van der Waals surface area (Å²) in [7, 11) is -24.0. The predicted molar refractivity (Wildman–Crippen MR) is 392 cm³/mol. The maximum Gasteiger partial charge on any atom is 2.00 e. The van der Waals surface area contributed by atoms with Crippen LogP contribution in [0.15, 0.2) is 170 Å². The van der Waals surface area contributed by atoms with Gasteiger partial charge in [0.25, 0.3) is 0 Å². The summed E-state index contributed by atoms with van der Waals surface area (Å²) in [6.07, 6.45) is 7.30. The van der Waals surface area contributed by atoms with E-state index in [0.717, 1.165) is 170 Å². The maximum absolute atomic E-state index is 9.75. The van der Waals surface area contributed by atoms with Crippen LogP contribution in [-0.4, -0.2) is 149 Å². The first kappa shape index (κ1) is 114. The van der Waals surface area contributed by atoms with Gasteiger partial charge in [-0.2, -0.15) is 23.0 Å². The molecule has 8 aromatic heterocycles. The number of nitrogens with zero attached hydrogens (tertiary/aromatic N) is 12. The average molecular weight is 1810 g/mol. The largest absolute Gasteiger partial charge is 2.00 e. The van der Waals surface area contributed by atoms with Crippen LogP contribution in [-0.2, 0) is 181 Å². The minimum absolute atomic E-state index is 0. The van der Waals surface area contributed by atoms with E-state index in [4.69, 9.17) is 50.5 Å². The molecule has 0 aliphatic carbocycles. The normalized spacial score (nSPS) is 10.4. The summed E-state index contributed by atoms with van der Waals surface area (Å²) in [6, 6.07) is 48.4. The summed E-state index contributed by atoms with van der Waals surface area (Å²) in [5.41, 5.74) is 12.8. The van der Waals surface area contributed by atoms with E-state index in [0.29, 0.717) is 0 Å². The van der Waals surface area contributed by atoms with Gasteiger partial charge in [-0.05, 0) is 179 Å². The number of hydrogen-bond donors (Lipinski definition) is 0. The molecule has 8 heterocycles. The first-order valence-corrected chi connectivity index (χ1v) is 33.8. The molecule has 4 radical (unpaired) electrons. The zero-order chi connectivity index (χ0) is 79.2. The second-order valence-electron chi connectivity index (χ2n) is 21.8. The van der Waals surface area contributed by atoms with E-state index < -0.39 is 29.0 Å². The van der Waals surface area contributed by atoms with Gasteiger partial charge in [0.15, 0.2) is 0 Å². The van der Waals surface area contributed by atoms with E-state index in [2.05, 4.69) is 83.7 Å². The second-order valence-corrected chi connectivity index (χ2v) is 23.5. The third-order valence-corrected chi connectivity index (χ3v) is 12.1. The number of carbonyl (C=O) groups excluding carboxylic acids is 2. The molecule has 0 unspecified atom stereocenters. The molecule has 14 nitrogen and oxygen atoms in total. The Morgan fingerprint density at radius 2 is 0.417 bits per heavy atom. The summed E-state index contributed by atoms with van der Waals surface area (Å²) in [6.45, 7) is 24.2. The van der Waals surface area contributed by atoms with Crippen molar-refractivity contribution in [2.75, 3.05) is 49.2 Å². The standard InChI is InChI=1S/4C15H19N3S.2C3H6O.4BF4.4Cu/c4*1-13-5-4-7-15(17-13)12-18(9-10-19)11-14-6-2-3-8-16-14;2*1-3(2)4;4*2-1(3,4)5;;;;/h4*2-8,19H,9-12H2,1H3;2*1-2H3;;;;;;;;/q;;;;;;4*-1;4*+2/p-4. The molecule has 0 amide bonds. The third-order valence-electron chi connectivity index (χ3n) is 11.4. The van der Waals surface area contributed by atoms with Crippen LogP contribution >= 0.6 is 0 Å². The molecule has 42 heteroatoms. The summed E-state index contributed by atoms with van der Waals surface area (Å²) < 4.78 is 156. The van der Waals surface area contributed by atoms with Gasteiger partial charge in [0, 0.05) is 99.9 Å². The van der Waals surface area contributed by atoms with Crippen LogP contribution in [0.3, 0.4) is 0 Å². The van der Waals surface area contributed by atoms with Gasteiger partial charge >= 0.3 is 97.3 Å². The molecule has 0 spiro atoms. The van der Waals surface area contributed by atoms with Crippen molar-refractivity contribution >= 4 is 91.1 Å². The molecule has 0 aliphatic heterocycles. The van der Waals surface area contributed by atoms with Crippen molar-refractivity contribution in [1.82, 2.24) is 59.5 Å². The molecular formula is C66H84B4Cu4F16N12O2S4. The van der Waals surface area contributed by atoms with E-state index in [9.17, 15) is 78.6 Å². The minimum Gasteiger partial charge on any atom is -0.791 e. The van der Waals surface area contributed by atoms with Crippen molar-refractivity contribution in [3.8, 4) is 0 Å². The Morgan fingerprint density at radius 1 is 0.278 bits per heavy atom. The van der Waals surface area contributed by atoms with E-state index in [1.165, 1.54) is 27.7 Å². The van der Waals surface area contributed by atoms with Gasteiger partial charge < -0.3 is 129 Å². The van der Waals surface area contributed by atoms with Crippen molar-refractivity contribution in [2.24, 2.45) is 0 Å². The number of hydrogen-bond acceptors (Lipinski definition) is 18. The molecule has 108 heavy (non-hydrogen) atoms. The number of aromatic nitrogens is 8. The number of ketones is 2. The molecule has 0 N–H and O–H groups in total. The fourth-order valence-corrected chi connectivity index (χ4v) is 8.95. The van der Waals surface area contributed by atoms with Gasteiger partial charge in [-0.1, -0.05) is 48.5 Å². The van der Waals surface area contributed by atoms with Crippen LogP contribution in [0.1, 0.15) is 96.0 Å². The molecule has 0 atom stereocenters. The van der Waals surface area contributed by atoms with Crippen LogP contribution in [0.5, 0.6) is 0 Å².